The second-order valence-electron chi connectivity index (χ2n) is 6.89. The van der Waals surface area contributed by atoms with E-state index in [4.69, 9.17) is 25.2 Å². The Morgan fingerprint density at radius 2 is 1.78 bits per heavy atom. The summed E-state index contributed by atoms with van der Waals surface area (Å²) in [5.41, 5.74) is 5.43. The van der Waals surface area contributed by atoms with E-state index < -0.39 is 66.4 Å². The summed E-state index contributed by atoms with van der Waals surface area (Å²) in [6, 6.07) is -0.760. The first-order chi connectivity index (χ1) is 14.6. The van der Waals surface area contributed by atoms with Crippen LogP contribution >= 0.6 is 23.5 Å². The van der Waals surface area contributed by atoms with Crippen LogP contribution in [-0.4, -0.2) is 79.7 Å². The smallest absolute Gasteiger partial charge is 0.390 e. The topological polar surface area (TPSA) is 265 Å². The minimum atomic E-state index is -5.68. The lowest BCUT2D eigenvalue weighted by molar-refractivity contribution is -0.129. The summed E-state index contributed by atoms with van der Waals surface area (Å²) in [5, 5.41) is 12.3. The van der Waals surface area contributed by atoms with Gasteiger partial charge in [0, 0.05) is 13.0 Å². The van der Waals surface area contributed by atoms with E-state index >= 15 is 0 Å². The Hall–Kier alpha value is -0.770. The first-order valence-electron chi connectivity index (χ1n) is 9.06. The fraction of sp³-hybridized carbons (Fsp3) is 0.833. The predicted octanol–water partition coefficient (Wildman–Crippen LogP) is -1.29. The second kappa shape index (κ2) is 10.7. The lowest BCUT2D eigenvalue weighted by Crippen LogP contribution is -2.57. The molecule has 0 aliphatic carbocycles. The number of nitrogens with zero attached hydrogens (tertiary/aromatic N) is 1. The van der Waals surface area contributed by atoms with Crippen LogP contribution in [0.1, 0.15) is 19.3 Å². The SMILES string of the molecule is NCCCC1CN([C@H]2C[C@H](O)[C@@H](COP(=O)(O)OP(=O)(O)OP(=O)(O)O)O2)C(=O)NC1=O. The van der Waals surface area contributed by atoms with Crippen molar-refractivity contribution in [1.82, 2.24) is 10.2 Å². The van der Waals surface area contributed by atoms with Gasteiger partial charge in [0.1, 0.15) is 12.3 Å². The molecule has 0 spiro atoms. The molecule has 20 heteroatoms. The normalized spacial score (nSPS) is 30.6. The van der Waals surface area contributed by atoms with E-state index in [2.05, 4.69) is 18.5 Å². The average molecular weight is 527 g/mol. The van der Waals surface area contributed by atoms with Gasteiger partial charge in [-0.2, -0.15) is 8.62 Å². The van der Waals surface area contributed by atoms with Gasteiger partial charge in [-0.3, -0.25) is 19.5 Å². The minimum absolute atomic E-state index is 0.00928. The number of hydrogen-bond donors (Lipinski definition) is 7. The first kappa shape index (κ1) is 27.5. The van der Waals surface area contributed by atoms with Crippen molar-refractivity contribution in [3.63, 3.8) is 0 Å². The van der Waals surface area contributed by atoms with E-state index in [0.29, 0.717) is 19.4 Å². The lowest BCUT2D eigenvalue weighted by Gasteiger charge is -2.35. The number of phosphoric acid groups is 3. The summed E-state index contributed by atoms with van der Waals surface area (Å²) >= 11 is 0. The van der Waals surface area contributed by atoms with Gasteiger partial charge in [-0.15, -0.1) is 0 Å². The van der Waals surface area contributed by atoms with Crippen molar-refractivity contribution in [3.8, 4) is 0 Å². The number of aliphatic hydroxyl groups is 1. The Kier molecular flexibility index (Phi) is 9.15. The molecule has 3 amide bonds. The maximum Gasteiger partial charge on any atom is 0.490 e. The number of hydrogen-bond acceptors (Lipinski definition) is 11. The van der Waals surface area contributed by atoms with Gasteiger partial charge < -0.3 is 35.2 Å². The minimum Gasteiger partial charge on any atom is -0.390 e. The third-order valence-corrected chi connectivity index (χ3v) is 8.21. The number of nitrogens with two attached hydrogens (primary N) is 1. The maximum absolute atomic E-state index is 12.1. The summed E-state index contributed by atoms with van der Waals surface area (Å²) < 4.78 is 50.8. The Bertz CT molecular complexity index is 850. The molecular weight excluding hydrogens is 503 g/mol. The van der Waals surface area contributed by atoms with Crippen LogP contribution in [0.3, 0.4) is 0 Å². The summed E-state index contributed by atoms with van der Waals surface area (Å²) in [7, 11) is -16.6. The van der Waals surface area contributed by atoms with Crippen molar-refractivity contribution in [3.05, 3.63) is 0 Å². The Morgan fingerprint density at radius 3 is 2.38 bits per heavy atom. The molecule has 186 valence electrons. The fourth-order valence-corrected chi connectivity index (χ4v) is 6.08. The Labute approximate surface area is 181 Å². The summed E-state index contributed by atoms with van der Waals surface area (Å²) in [4.78, 5) is 60.8. The number of carbonyl (C=O) groups is 2. The number of phosphoric ester groups is 1. The molecular formula is C12H24N3O14P3. The highest BCUT2D eigenvalue weighted by Crippen LogP contribution is 2.66. The summed E-state index contributed by atoms with van der Waals surface area (Å²) in [6.07, 6.45) is -2.81. The van der Waals surface area contributed by atoms with E-state index in [-0.39, 0.29) is 13.0 Å². The van der Waals surface area contributed by atoms with Crippen LogP contribution in [0.5, 0.6) is 0 Å². The number of imide groups is 1. The lowest BCUT2D eigenvalue weighted by atomic mass is 9.99. The predicted molar refractivity (Wildman–Crippen MR) is 101 cm³/mol. The van der Waals surface area contributed by atoms with Crippen molar-refractivity contribution < 1.29 is 65.8 Å². The molecule has 0 aromatic rings. The van der Waals surface area contributed by atoms with Crippen LogP contribution < -0.4 is 11.1 Å². The van der Waals surface area contributed by atoms with Gasteiger partial charge >= 0.3 is 29.5 Å². The molecule has 0 aromatic heterocycles. The zero-order valence-corrected chi connectivity index (χ0v) is 19.0. The number of rotatable bonds is 11. The van der Waals surface area contributed by atoms with E-state index in [1.807, 2.05) is 0 Å². The molecule has 6 atom stereocenters. The molecule has 2 rings (SSSR count). The summed E-state index contributed by atoms with van der Waals surface area (Å²) in [6.45, 7) is -0.532. The largest absolute Gasteiger partial charge is 0.490 e. The van der Waals surface area contributed by atoms with E-state index in [1.54, 1.807) is 0 Å². The summed E-state index contributed by atoms with van der Waals surface area (Å²) in [5.74, 6) is -1.02. The van der Waals surface area contributed by atoms with Crippen molar-refractivity contribution >= 4 is 35.4 Å². The van der Waals surface area contributed by atoms with E-state index in [0.717, 1.165) is 4.90 Å². The highest BCUT2D eigenvalue weighted by atomic mass is 31.3. The van der Waals surface area contributed by atoms with Crippen LogP contribution in [-0.2, 0) is 36.4 Å². The zero-order chi connectivity index (χ0) is 24.3. The fourth-order valence-electron chi connectivity index (χ4n) is 3.05. The molecule has 2 aliphatic heterocycles. The number of aliphatic hydroxyl groups excluding tert-OH is 1. The van der Waals surface area contributed by atoms with Gasteiger partial charge in [-0.25, -0.2) is 18.5 Å². The van der Waals surface area contributed by atoms with Crippen LogP contribution in [0.15, 0.2) is 0 Å². The van der Waals surface area contributed by atoms with Gasteiger partial charge in [0.25, 0.3) is 0 Å². The molecule has 0 bridgehead atoms. The molecule has 17 nitrogen and oxygen atoms in total. The van der Waals surface area contributed by atoms with Gasteiger partial charge in [0.15, 0.2) is 0 Å². The molecule has 0 aromatic carbocycles. The monoisotopic (exact) mass is 527 g/mol. The molecule has 0 saturated carbocycles. The third-order valence-electron chi connectivity index (χ3n) is 4.41. The van der Waals surface area contributed by atoms with Crippen LogP contribution in [0.25, 0.3) is 0 Å². The molecule has 2 heterocycles. The average Bonchev–Trinajstić information content (AvgIpc) is 2.97. The maximum atomic E-state index is 12.1. The Morgan fingerprint density at radius 1 is 1.12 bits per heavy atom. The highest BCUT2D eigenvalue weighted by molar-refractivity contribution is 7.66. The zero-order valence-electron chi connectivity index (χ0n) is 16.3. The van der Waals surface area contributed by atoms with Crippen molar-refractivity contribution in [1.29, 1.82) is 0 Å². The molecule has 8 N–H and O–H groups in total. The standard InChI is InChI=1S/C12H24N3O14P3/c13-3-1-2-7-5-15(12(18)14-11(7)17)10-4-8(16)9(27-10)6-26-31(22,23)29-32(24,25)28-30(19,20)21/h7-10,16H,1-6,13H2,(H,22,23)(H,24,25)(H,14,17,18)(H2,19,20,21)/t7?,8-,9+,10+/m0/s1. The van der Waals surface area contributed by atoms with Crippen molar-refractivity contribution in [2.75, 3.05) is 19.7 Å². The number of urea groups is 1. The highest BCUT2D eigenvalue weighted by Gasteiger charge is 2.45. The number of nitrogens with one attached hydrogen (secondary N) is 1. The third kappa shape index (κ3) is 8.22. The van der Waals surface area contributed by atoms with E-state index in [1.165, 1.54) is 0 Å². The van der Waals surface area contributed by atoms with E-state index in [9.17, 15) is 33.3 Å². The first-order valence-corrected chi connectivity index (χ1v) is 13.6. The van der Waals surface area contributed by atoms with Gasteiger partial charge in [0.2, 0.25) is 5.91 Å². The quantitative estimate of drug-likeness (QED) is 0.154. The van der Waals surface area contributed by atoms with Crippen LogP contribution in [0, 0.1) is 5.92 Å². The molecule has 2 fully saturated rings. The second-order valence-corrected chi connectivity index (χ2v) is 11.3. The molecule has 2 saturated heterocycles. The molecule has 0 radical (unpaired) electrons. The number of ether oxygens (including phenoxy) is 1. The molecule has 2 aliphatic rings. The van der Waals surface area contributed by atoms with Gasteiger partial charge in [-0.05, 0) is 19.4 Å². The molecule has 3 unspecified atom stereocenters. The number of amides is 3. The van der Waals surface area contributed by atoms with Crippen LogP contribution in [0.4, 0.5) is 4.79 Å². The Balaban J connectivity index is 1.94. The van der Waals surface area contributed by atoms with Crippen LogP contribution in [0.2, 0.25) is 0 Å². The van der Waals surface area contributed by atoms with Gasteiger partial charge in [0.05, 0.1) is 18.6 Å². The number of carbonyl (C=O) groups excluding carboxylic acids is 2. The molecule has 32 heavy (non-hydrogen) atoms. The van der Waals surface area contributed by atoms with Gasteiger partial charge in [-0.1, -0.05) is 0 Å². The van der Waals surface area contributed by atoms with Crippen molar-refractivity contribution in [2.45, 2.75) is 37.7 Å². The van der Waals surface area contributed by atoms with Crippen molar-refractivity contribution in [2.24, 2.45) is 11.7 Å².